The first-order valence-corrected chi connectivity index (χ1v) is 12.5. The van der Waals surface area contributed by atoms with E-state index in [4.69, 9.17) is 23.1 Å². The van der Waals surface area contributed by atoms with E-state index < -0.39 is 5.91 Å². The summed E-state index contributed by atoms with van der Waals surface area (Å²) in [6.45, 7) is 1.68. The van der Waals surface area contributed by atoms with Gasteiger partial charge in [0.05, 0.1) is 12.1 Å². The number of likely N-dealkylation sites (tertiary alicyclic amines) is 1. The monoisotopic (exact) mass is 541 g/mol. The Labute approximate surface area is 222 Å². The quantitative estimate of drug-likeness (QED) is 0.245. The third kappa shape index (κ3) is 5.09. The molecule has 3 aromatic heterocycles. The Balaban J connectivity index is 1.08. The fourth-order valence-electron chi connectivity index (χ4n) is 4.62. The van der Waals surface area contributed by atoms with Crippen LogP contribution in [0.5, 0.6) is 0 Å². The van der Waals surface area contributed by atoms with Gasteiger partial charge < -0.3 is 32.0 Å². The number of aryl methyl sites for hydroxylation is 1. The molecular formula is C22H28ClN13O2. The molecule has 16 heteroatoms. The van der Waals surface area contributed by atoms with Crippen LogP contribution < -0.4 is 27.4 Å². The van der Waals surface area contributed by atoms with Crippen molar-refractivity contribution < 1.29 is 9.59 Å². The highest BCUT2D eigenvalue weighted by Crippen LogP contribution is 2.26. The minimum absolute atomic E-state index is 0.0511. The second-order valence-corrected chi connectivity index (χ2v) is 9.60. The predicted molar refractivity (Wildman–Crippen MR) is 141 cm³/mol. The van der Waals surface area contributed by atoms with E-state index in [9.17, 15) is 9.59 Å². The molecule has 0 radical (unpaired) electrons. The van der Waals surface area contributed by atoms with Crippen LogP contribution in [0.15, 0.2) is 11.3 Å². The van der Waals surface area contributed by atoms with Crippen LogP contribution in [-0.2, 0) is 11.2 Å². The number of nitrogens with one attached hydrogen (secondary N) is 4. The minimum Gasteiger partial charge on any atom is -0.382 e. The van der Waals surface area contributed by atoms with Crippen molar-refractivity contribution in [2.24, 2.45) is 4.99 Å². The lowest BCUT2D eigenvalue weighted by molar-refractivity contribution is -0.132. The van der Waals surface area contributed by atoms with E-state index in [0.29, 0.717) is 69.2 Å². The number of aliphatic imine (C=N–C) groups is 1. The molecule has 2 amide bonds. The summed E-state index contributed by atoms with van der Waals surface area (Å²) in [4.78, 5) is 55.5. The summed E-state index contributed by atoms with van der Waals surface area (Å²) in [6.07, 6.45) is 4.59. The number of aromatic amines is 1. The number of carbonyl (C=O) groups is 2. The lowest BCUT2D eigenvalue weighted by atomic mass is 9.88. The zero-order valence-electron chi connectivity index (χ0n) is 20.7. The number of hydrogen-bond donors (Lipinski definition) is 6. The minimum atomic E-state index is -0.591. The number of imidazole rings is 1. The largest absolute Gasteiger partial charge is 0.382 e. The summed E-state index contributed by atoms with van der Waals surface area (Å²) in [6, 6.07) is 0. The third-order valence-corrected chi connectivity index (χ3v) is 7.01. The number of fused-ring (bicyclic) bond motifs is 1. The molecule has 3 aromatic rings. The zero-order chi connectivity index (χ0) is 26.9. The summed E-state index contributed by atoms with van der Waals surface area (Å²) < 4.78 is 0. The van der Waals surface area contributed by atoms with Gasteiger partial charge in [-0.2, -0.15) is 0 Å². The highest BCUT2D eigenvalue weighted by molar-refractivity contribution is 6.31. The Morgan fingerprint density at radius 3 is 2.71 bits per heavy atom. The molecule has 0 aromatic carbocycles. The standard InChI is InChI=1S/C22H28ClN13O2/c1-26-18-14-19(29-10-28-18)31-11(30-14)3-2-4-12(37)36-7-5-22(6-8-36)9-27-21(35-22)34-20(38)13-16(24)33-17(25)15(23)32-13/h10H,2-9H2,1H3,(H4,24,25,33)(H2,27,34,35,38)(H2,26,28,29,30,31). The molecule has 0 bridgehead atoms. The first-order valence-electron chi connectivity index (χ1n) is 12.1. The average molecular weight is 542 g/mol. The number of carbonyl (C=O) groups excluding carboxylic acids is 2. The topological polar surface area (TPSA) is 218 Å². The lowest BCUT2D eigenvalue weighted by Crippen LogP contribution is -2.56. The normalized spacial score (nSPS) is 16.4. The van der Waals surface area contributed by atoms with Crippen LogP contribution in [0.1, 0.15) is 42.0 Å². The summed E-state index contributed by atoms with van der Waals surface area (Å²) in [5, 5.41) is 8.88. The molecule has 5 rings (SSSR count). The van der Waals surface area contributed by atoms with E-state index in [0.717, 1.165) is 11.3 Å². The van der Waals surface area contributed by atoms with Gasteiger partial charge in [0.1, 0.15) is 17.7 Å². The molecule has 0 unspecified atom stereocenters. The van der Waals surface area contributed by atoms with E-state index >= 15 is 0 Å². The number of piperidine rings is 1. The van der Waals surface area contributed by atoms with Gasteiger partial charge in [-0.3, -0.25) is 19.9 Å². The van der Waals surface area contributed by atoms with Crippen LogP contribution >= 0.6 is 11.6 Å². The molecule has 1 spiro atoms. The summed E-state index contributed by atoms with van der Waals surface area (Å²) in [5.41, 5.74) is 12.2. The molecule has 5 heterocycles. The summed E-state index contributed by atoms with van der Waals surface area (Å²) >= 11 is 5.87. The second kappa shape index (κ2) is 10.2. The Bertz CT molecular complexity index is 1410. The number of amides is 2. The van der Waals surface area contributed by atoms with Gasteiger partial charge in [-0.05, 0) is 19.3 Å². The van der Waals surface area contributed by atoms with E-state index in [2.05, 4.69) is 50.8 Å². The molecule has 8 N–H and O–H groups in total. The summed E-state index contributed by atoms with van der Waals surface area (Å²) in [7, 11) is 1.79. The fraction of sp³-hybridized carbons (Fsp3) is 0.455. The Morgan fingerprint density at radius 2 is 1.95 bits per heavy atom. The Kier molecular flexibility index (Phi) is 6.84. The Hall–Kier alpha value is -4.27. The van der Waals surface area contributed by atoms with Crippen LogP contribution in [0.4, 0.5) is 17.5 Å². The number of H-pyrrole nitrogens is 1. The zero-order valence-corrected chi connectivity index (χ0v) is 21.5. The molecule has 200 valence electrons. The third-order valence-electron chi connectivity index (χ3n) is 6.73. The van der Waals surface area contributed by atoms with E-state index in [-0.39, 0.29) is 33.9 Å². The maximum atomic E-state index is 12.8. The van der Waals surface area contributed by atoms with Crippen molar-refractivity contribution in [1.29, 1.82) is 0 Å². The van der Waals surface area contributed by atoms with Crippen molar-refractivity contribution in [3.05, 3.63) is 23.0 Å². The van der Waals surface area contributed by atoms with Crippen molar-refractivity contribution in [1.82, 2.24) is 45.4 Å². The number of nitrogens with zero attached hydrogens (tertiary/aromatic N) is 7. The van der Waals surface area contributed by atoms with Gasteiger partial charge in [0.2, 0.25) is 5.91 Å². The first kappa shape index (κ1) is 25.4. The molecule has 2 aliphatic rings. The van der Waals surface area contributed by atoms with Crippen molar-refractivity contribution >= 4 is 58.0 Å². The molecule has 1 fully saturated rings. The number of guanidine groups is 1. The van der Waals surface area contributed by atoms with Gasteiger partial charge in [-0.15, -0.1) is 0 Å². The molecule has 38 heavy (non-hydrogen) atoms. The van der Waals surface area contributed by atoms with Crippen LogP contribution in [0.25, 0.3) is 11.2 Å². The first-order chi connectivity index (χ1) is 18.3. The van der Waals surface area contributed by atoms with Gasteiger partial charge in [-0.25, -0.2) is 24.9 Å². The van der Waals surface area contributed by atoms with Crippen LogP contribution in [0.2, 0.25) is 5.15 Å². The fourth-order valence-corrected chi connectivity index (χ4v) is 4.75. The predicted octanol–water partition coefficient (Wildman–Crippen LogP) is 0.0755. The van der Waals surface area contributed by atoms with Gasteiger partial charge in [0.15, 0.2) is 39.9 Å². The number of halogens is 1. The lowest BCUT2D eigenvalue weighted by Gasteiger charge is -2.39. The number of nitrogen functional groups attached to an aromatic ring is 2. The number of hydrogen-bond acceptors (Lipinski definition) is 12. The van der Waals surface area contributed by atoms with Gasteiger partial charge in [-0.1, -0.05) is 11.6 Å². The van der Waals surface area contributed by atoms with Crippen molar-refractivity contribution in [3.63, 3.8) is 0 Å². The Morgan fingerprint density at radius 1 is 1.16 bits per heavy atom. The SMILES string of the molecule is CNc1ncnc2nc(CCCC(=O)N3CCC4(CC3)CN=C(NC(=O)c3nc(Cl)c(N)nc3N)N4)[nH]c12. The molecule has 15 nitrogen and oxygen atoms in total. The highest BCUT2D eigenvalue weighted by Gasteiger charge is 2.40. The number of nitrogens with two attached hydrogens (primary N) is 2. The maximum Gasteiger partial charge on any atom is 0.280 e. The molecule has 0 atom stereocenters. The molecular weight excluding hydrogens is 514 g/mol. The van der Waals surface area contributed by atoms with Crippen molar-refractivity contribution in [2.75, 3.05) is 43.5 Å². The molecule has 2 aliphatic heterocycles. The van der Waals surface area contributed by atoms with Crippen molar-refractivity contribution in [3.8, 4) is 0 Å². The molecule has 0 aliphatic carbocycles. The van der Waals surface area contributed by atoms with Crippen LogP contribution in [-0.4, -0.2) is 84.8 Å². The number of anilines is 3. The number of aromatic nitrogens is 6. The summed E-state index contributed by atoms with van der Waals surface area (Å²) in [5.74, 6) is 1.12. The average Bonchev–Trinajstić information content (AvgIpc) is 3.50. The maximum absolute atomic E-state index is 12.8. The second-order valence-electron chi connectivity index (χ2n) is 9.25. The van der Waals surface area contributed by atoms with Gasteiger partial charge in [0.25, 0.3) is 5.91 Å². The van der Waals surface area contributed by atoms with Crippen LogP contribution in [0.3, 0.4) is 0 Å². The van der Waals surface area contributed by atoms with E-state index in [1.807, 2.05) is 4.90 Å². The smallest absolute Gasteiger partial charge is 0.280 e. The van der Waals surface area contributed by atoms with Crippen LogP contribution in [0, 0.1) is 0 Å². The van der Waals surface area contributed by atoms with Gasteiger partial charge >= 0.3 is 0 Å². The molecule has 1 saturated heterocycles. The number of rotatable bonds is 6. The molecule has 0 saturated carbocycles. The van der Waals surface area contributed by atoms with Crippen molar-refractivity contribution in [2.45, 2.75) is 37.6 Å². The van der Waals surface area contributed by atoms with Gasteiger partial charge in [0, 0.05) is 33.0 Å². The van der Waals surface area contributed by atoms with E-state index in [1.165, 1.54) is 6.33 Å². The van der Waals surface area contributed by atoms with E-state index in [1.54, 1.807) is 7.05 Å². The highest BCUT2D eigenvalue weighted by atomic mass is 35.5.